The lowest BCUT2D eigenvalue weighted by atomic mass is 10.2. The highest BCUT2D eigenvalue weighted by atomic mass is 16.5. The van der Waals surface area contributed by atoms with Crippen molar-refractivity contribution in [1.82, 2.24) is 10.6 Å². The summed E-state index contributed by atoms with van der Waals surface area (Å²) in [5, 5.41) is 5.96. The van der Waals surface area contributed by atoms with Gasteiger partial charge < -0.3 is 15.4 Å². The number of hydrogen-bond donors (Lipinski definition) is 2. The number of ether oxygens (including phenoxy) is 1. The molecule has 0 saturated carbocycles. The average Bonchev–Trinajstić information content (AvgIpc) is 2.60. The maximum atomic E-state index is 11.7. The van der Waals surface area contributed by atoms with Crippen LogP contribution in [0.5, 0.6) is 5.75 Å². The van der Waals surface area contributed by atoms with Crippen LogP contribution in [0.2, 0.25) is 0 Å². The van der Waals surface area contributed by atoms with E-state index in [2.05, 4.69) is 10.6 Å². The Labute approximate surface area is 137 Å². The second kappa shape index (κ2) is 9.64. The fourth-order valence-electron chi connectivity index (χ4n) is 2.16. The summed E-state index contributed by atoms with van der Waals surface area (Å²) in [5.74, 6) is 0.919. The molecule has 0 radical (unpaired) electrons. The summed E-state index contributed by atoms with van der Waals surface area (Å²) in [7, 11) is 1.89. The van der Waals surface area contributed by atoms with Crippen LogP contribution in [0, 0.1) is 0 Å². The minimum Gasteiger partial charge on any atom is -0.489 e. The summed E-state index contributed by atoms with van der Waals surface area (Å²) < 4.78 is 5.74. The molecule has 0 spiro atoms. The zero-order chi connectivity index (χ0) is 16.3. The summed E-state index contributed by atoms with van der Waals surface area (Å²) in [5.41, 5.74) is 2.21. The molecular formula is C19H24N2O2. The number of carbonyl (C=O) groups excluding carboxylic acids is 1. The van der Waals surface area contributed by atoms with Crippen LogP contribution in [0.25, 0.3) is 0 Å². The summed E-state index contributed by atoms with van der Waals surface area (Å²) in [6.45, 7) is 1.97. The predicted molar refractivity (Wildman–Crippen MR) is 92.2 cm³/mol. The first-order valence-electron chi connectivity index (χ1n) is 7.95. The molecule has 0 aliphatic heterocycles. The molecule has 0 heterocycles. The highest BCUT2D eigenvalue weighted by Crippen LogP contribution is 2.14. The van der Waals surface area contributed by atoms with Gasteiger partial charge in [-0.2, -0.15) is 0 Å². The number of carbonyl (C=O) groups is 1. The normalized spacial score (nSPS) is 10.3. The molecule has 122 valence electrons. The Morgan fingerprint density at radius 2 is 1.74 bits per heavy atom. The molecule has 2 aromatic rings. The van der Waals surface area contributed by atoms with E-state index in [0.29, 0.717) is 19.6 Å². The van der Waals surface area contributed by atoms with Crippen molar-refractivity contribution in [2.24, 2.45) is 0 Å². The second-order valence-corrected chi connectivity index (χ2v) is 5.40. The minimum atomic E-state index is 0.0876. The lowest BCUT2D eigenvalue weighted by Gasteiger charge is -2.08. The van der Waals surface area contributed by atoms with Gasteiger partial charge in [0.2, 0.25) is 5.91 Å². The fourth-order valence-corrected chi connectivity index (χ4v) is 2.16. The van der Waals surface area contributed by atoms with E-state index >= 15 is 0 Å². The van der Waals surface area contributed by atoms with Gasteiger partial charge in [-0.25, -0.2) is 0 Å². The van der Waals surface area contributed by atoms with Gasteiger partial charge in [0.25, 0.3) is 0 Å². The molecular weight excluding hydrogens is 288 g/mol. The molecule has 2 N–H and O–H groups in total. The lowest BCUT2D eigenvalue weighted by molar-refractivity contribution is -0.121. The van der Waals surface area contributed by atoms with E-state index in [1.54, 1.807) is 0 Å². The fraction of sp³-hybridized carbons (Fsp3) is 0.316. The zero-order valence-electron chi connectivity index (χ0n) is 13.5. The van der Waals surface area contributed by atoms with Crippen molar-refractivity contribution < 1.29 is 9.53 Å². The van der Waals surface area contributed by atoms with Gasteiger partial charge in [0.1, 0.15) is 12.4 Å². The molecule has 0 bridgehead atoms. The van der Waals surface area contributed by atoms with E-state index < -0.39 is 0 Å². The molecule has 0 unspecified atom stereocenters. The van der Waals surface area contributed by atoms with Gasteiger partial charge in [-0.3, -0.25) is 4.79 Å². The number of nitrogens with one attached hydrogen (secondary N) is 2. The molecule has 2 aromatic carbocycles. The smallest absolute Gasteiger partial charge is 0.220 e. The Balaban J connectivity index is 1.72. The molecule has 0 atom stereocenters. The average molecular weight is 312 g/mol. The molecule has 4 nitrogen and oxygen atoms in total. The first-order chi connectivity index (χ1) is 11.3. The molecule has 2 rings (SSSR count). The molecule has 0 aliphatic rings. The van der Waals surface area contributed by atoms with Crippen LogP contribution >= 0.6 is 0 Å². The van der Waals surface area contributed by atoms with E-state index in [9.17, 15) is 4.79 Å². The van der Waals surface area contributed by atoms with Crippen LogP contribution in [0.1, 0.15) is 24.0 Å². The Morgan fingerprint density at radius 3 is 2.43 bits per heavy atom. The monoisotopic (exact) mass is 312 g/mol. The number of amides is 1. The van der Waals surface area contributed by atoms with Crippen LogP contribution in [-0.2, 0) is 17.9 Å². The van der Waals surface area contributed by atoms with Crippen molar-refractivity contribution in [1.29, 1.82) is 0 Å². The first-order valence-corrected chi connectivity index (χ1v) is 7.95. The summed E-state index contributed by atoms with van der Waals surface area (Å²) in [6, 6.07) is 17.9. The highest BCUT2D eigenvalue weighted by molar-refractivity contribution is 5.75. The van der Waals surface area contributed by atoms with Crippen molar-refractivity contribution in [2.75, 3.05) is 13.6 Å². The van der Waals surface area contributed by atoms with Crippen molar-refractivity contribution in [3.63, 3.8) is 0 Å². The Hall–Kier alpha value is -2.33. The third-order valence-electron chi connectivity index (χ3n) is 3.49. The molecule has 4 heteroatoms. The molecule has 23 heavy (non-hydrogen) atoms. The predicted octanol–water partition coefficient (Wildman–Crippen LogP) is 2.88. The van der Waals surface area contributed by atoms with Gasteiger partial charge in [0.05, 0.1) is 0 Å². The van der Waals surface area contributed by atoms with Crippen LogP contribution in [0.3, 0.4) is 0 Å². The van der Waals surface area contributed by atoms with Crippen molar-refractivity contribution in [2.45, 2.75) is 26.0 Å². The third-order valence-corrected chi connectivity index (χ3v) is 3.49. The number of hydrogen-bond acceptors (Lipinski definition) is 3. The second-order valence-electron chi connectivity index (χ2n) is 5.40. The van der Waals surface area contributed by atoms with Gasteiger partial charge >= 0.3 is 0 Å². The quantitative estimate of drug-likeness (QED) is 0.700. The summed E-state index contributed by atoms with van der Waals surface area (Å²) in [6.07, 6.45) is 1.41. The zero-order valence-corrected chi connectivity index (χ0v) is 13.5. The Kier molecular flexibility index (Phi) is 7.14. The topological polar surface area (TPSA) is 50.4 Å². The summed E-state index contributed by atoms with van der Waals surface area (Å²) in [4.78, 5) is 11.7. The van der Waals surface area contributed by atoms with E-state index in [-0.39, 0.29) is 5.91 Å². The number of benzene rings is 2. The van der Waals surface area contributed by atoms with Crippen LogP contribution in [0.4, 0.5) is 0 Å². The number of rotatable bonds is 9. The van der Waals surface area contributed by atoms with Crippen molar-refractivity contribution in [3.05, 3.63) is 65.7 Å². The molecule has 0 aromatic heterocycles. The van der Waals surface area contributed by atoms with Crippen molar-refractivity contribution >= 4 is 5.91 Å². The van der Waals surface area contributed by atoms with Crippen LogP contribution < -0.4 is 15.4 Å². The van der Waals surface area contributed by atoms with Crippen LogP contribution in [-0.4, -0.2) is 19.5 Å². The van der Waals surface area contributed by atoms with E-state index in [1.165, 1.54) is 0 Å². The third kappa shape index (κ3) is 6.53. The van der Waals surface area contributed by atoms with Gasteiger partial charge in [0, 0.05) is 13.0 Å². The maximum Gasteiger partial charge on any atom is 0.220 e. The Morgan fingerprint density at radius 1 is 1.00 bits per heavy atom. The van der Waals surface area contributed by atoms with Crippen LogP contribution in [0.15, 0.2) is 54.6 Å². The first kappa shape index (κ1) is 17.0. The van der Waals surface area contributed by atoms with Gasteiger partial charge in [-0.15, -0.1) is 0 Å². The molecule has 0 fully saturated rings. The highest BCUT2D eigenvalue weighted by Gasteiger charge is 2.01. The SMILES string of the molecule is CNCCCC(=O)NCc1ccc(OCc2ccccc2)cc1. The van der Waals surface area contributed by atoms with E-state index in [0.717, 1.165) is 29.8 Å². The van der Waals surface area contributed by atoms with Gasteiger partial charge in [-0.1, -0.05) is 42.5 Å². The van der Waals surface area contributed by atoms with Crippen molar-refractivity contribution in [3.8, 4) is 5.75 Å². The maximum absolute atomic E-state index is 11.7. The molecule has 1 amide bonds. The summed E-state index contributed by atoms with van der Waals surface area (Å²) >= 11 is 0. The van der Waals surface area contributed by atoms with Gasteiger partial charge in [-0.05, 0) is 43.3 Å². The Bertz CT molecular complexity index is 582. The molecule has 0 aliphatic carbocycles. The standard InChI is InChI=1S/C19H24N2O2/c1-20-13-5-8-19(22)21-14-16-9-11-18(12-10-16)23-15-17-6-3-2-4-7-17/h2-4,6-7,9-12,20H,5,8,13-15H2,1H3,(H,21,22). The molecule has 0 saturated heterocycles. The van der Waals surface area contributed by atoms with Gasteiger partial charge in [0.15, 0.2) is 0 Å². The minimum absolute atomic E-state index is 0.0876. The van der Waals surface area contributed by atoms with E-state index in [4.69, 9.17) is 4.74 Å². The lowest BCUT2D eigenvalue weighted by Crippen LogP contribution is -2.23. The largest absolute Gasteiger partial charge is 0.489 e. The van der Waals surface area contributed by atoms with E-state index in [1.807, 2.05) is 61.6 Å².